The van der Waals surface area contributed by atoms with E-state index in [4.69, 9.17) is 9.47 Å². The number of carbonyl (C=O) groups is 2. The van der Waals surface area contributed by atoms with E-state index in [1.165, 1.54) is 12.1 Å². The summed E-state index contributed by atoms with van der Waals surface area (Å²) in [4.78, 5) is 25.0. The molecule has 4 aromatic rings. The summed E-state index contributed by atoms with van der Waals surface area (Å²) in [6.45, 7) is 4.20. The molecular weight excluding hydrogens is 423 g/mol. The molecule has 170 valence electrons. The number of rotatable bonds is 7. The molecule has 33 heavy (non-hydrogen) atoms. The van der Waals surface area contributed by atoms with Gasteiger partial charge in [-0.15, -0.1) is 0 Å². The summed E-state index contributed by atoms with van der Waals surface area (Å²) in [5, 5.41) is 5.33. The second-order valence-corrected chi connectivity index (χ2v) is 7.51. The number of nitrogens with one attached hydrogen (secondary N) is 1. The van der Waals surface area contributed by atoms with E-state index in [0.29, 0.717) is 23.0 Å². The molecular formula is C26H25FN2O4. The summed E-state index contributed by atoms with van der Waals surface area (Å²) < 4.78 is 26.4. The molecule has 1 N–H and O–H groups in total. The average Bonchev–Trinajstić information content (AvgIpc) is 3.10. The number of carbonyl (C=O) groups excluding carboxylic acids is 2. The lowest BCUT2D eigenvalue weighted by Gasteiger charge is -2.14. The van der Waals surface area contributed by atoms with Gasteiger partial charge >= 0.3 is 12.1 Å². The zero-order chi connectivity index (χ0) is 23.4. The Hall–Kier alpha value is -3.87. The van der Waals surface area contributed by atoms with E-state index in [0.717, 1.165) is 16.3 Å². The van der Waals surface area contributed by atoms with Crippen molar-refractivity contribution in [2.45, 2.75) is 26.9 Å². The van der Waals surface area contributed by atoms with Crippen LogP contribution in [0.15, 0.2) is 60.7 Å². The van der Waals surface area contributed by atoms with Crippen molar-refractivity contribution in [1.82, 2.24) is 9.88 Å². The highest BCUT2D eigenvalue weighted by Crippen LogP contribution is 2.30. The summed E-state index contributed by atoms with van der Waals surface area (Å²) in [6.07, 6.45) is -0.612. The summed E-state index contributed by atoms with van der Waals surface area (Å²) in [7, 11) is 0. The Labute approximate surface area is 190 Å². The second kappa shape index (κ2) is 9.73. The van der Waals surface area contributed by atoms with Crippen LogP contribution in [0.5, 0.6) is 0 Å². The lowest BCUT2D eigenvalue weighted by molar-refractivity contribution is 0.0513. The fourth-order valence-electron chi connectivity index (χ4n) is 4.12. The van der Waals surface area contributed by atoms with Gasteiger partial charge in [-0.05, 0) is 48.4 Å². The van der Waals surface area contributed by atoms with Gasteiger partial charge in [0.05, 0.1) is 13.2 Å². The minimum atomic E-state index is -0.612. The van der Waals surface area contributed by atoms with Crippen LogP contribution < -0.4 is 5.32 Å². The molecule has 0 aliphatic carbocycles. The molecule has 4 rings (SSSR count). The number of hydrogen-bond acceptors (Lipinski definition) is 4. The van der Waals surface area contributed by atoms with Gasteiger partial charge in [0.25, 0.3) is 0 Å². The molecule has 1 heterocycles. The normalized spacial score (nSPS) is 11.0. The minimum Gasteiger partial charge on any atom is -0.461 e. The standard InChI is InChI=1S/C26H25FN2O4/c1-3-32-25(30)24-22(15-28-26(31)33-4-2)21-14-19(27)12-13-23(21)29(24)16-18-10-7-9-17-8-5-6-11-20(17)18/h5-14H,3-4,15-16H2,1-2H3,(H,28,31). The molecule has 0 atom stereocenters. The summed E-state index contributed by atoms with van der Waals surface area (Å²) >= 11 is 0. The van der Waals surface area contributed by atoms with Gasteiger partial charge < -0.3 is 19.4 Å². The molecule has 0 saturated carbocycles. The Balaban J connectivity index is 1.89. The highest BCUT2D eigenvalue weighted by atomic mass is 19.1. The molecule has 3 aromatic carbocycles. The van der Waals surface area contributed by atoms with Crippen LogP contribution in [-0.4, -0.2) is 29.8 Å². The van der Waals surface area contributed by atoms with Crippen molar-refractivity contribution in [3.8, 4) is 0 Å². The Kier molecular flexibility index (Phi) is 6.58. The molecule has 0 unspecified atom stereocenters. The van der Waals surface area contributed by atoms with Crippen LogP contribution in [-0.2, 0) is 22.6 Å². The smallest absolute Gasteiger partial charge is 0.407 e. The Bertz CT molecular complexity index is 1320. The molecule has 0 aliphatic heterocycles. The van der Waals surface area contributed by atoms with Gasteiger partial charge in [0.15, 0.2) is 0 Å². The van der Waals surface area contributed by atoms with Crippen LogP contribution >= 0.6 is 0 Å². The van der Waals surface area contributed by atoms with Crippen LogP contribution in [0.3, 0.4) is 0 Å². The van der Waals surface area contributed by atoms with Gasteiger partial charge in [0, 0.05) is 29.6 Å². The summed E-state index contributed by atoms with van der Waals surface area (Å²) in [5.74, 6) is -0.965. The van der Waals surface area contributed by atoms with Crippen molar-refractivity contribution in [3.05, 3.63) is 83.3 Å². The number of nitrogens with zero attached hydrogens (tertiary/aromatic N) is 1. The van der Waals surface area contributed by atoms with Crippen LogP contribution in [0.4, 0.5) is 9.18 Å². The van der Waals surface area contributed by atoms with Gasteiger partial charge in [-0.25, -0.2) is 14.0 Å². The third-order valence-electron chi connectivity index (χ3n) is 5.49. The van der Waals surface area contributed by atoms with Gasteiger partial charge in [-0.2, -0.15) is 0 Å². The minimum absolute atomic E-state index is 0.00449. The predicted octanol–water partition coefficient (Wildman–Crippen LogP) is 5.40. The number of fused-ring (bicyclic) bond motifs is 2. The topological polar surface area (TPSA) is 69.6 Å². The van der Waals surface area contributed by atoms with E-state index in [1.54, 1.807) is 19.9 Å². The fourth-order valence-corrected chi connectivity index (χ4v) is 4.12. The number of benzene rings is 3. The van der Waals surface area contributed by atoms with Crippen LogP contribution in [0.25, 0.3) is 21.7 Å². The van der Waals surface area contributed by atoms with Crippen molar-refractivity contribution in [1.29, 1.82) is 0 Å². The maximum Gasteiger partial charge on any atom is 0.407 e. The molecule has 0 saturated heterocycles. The average molecular weight is 448 g/mol. The van der Waals surface area contributed by atoms with E-state index in [9.17, 15) is 14.0 Å². The third kappa shape index (κ3) is 4.53. The fraction of sp³-hybridized carbons (Fsp3) is 0.231. The van der Waals surface area contributed by atoms with Crippen molar-refractivity contribution >= 4 is 33.7 Å². The first kappa shape index (κ1) is 22.3. The highest BCUT2D eigenvalue weighted by molar-refractivity contribution is 5.99. The molecule has 0 bridgehead atoms. The molecule has 1 aromatic heterocycles. The monoisotopic (exact) mass is 448 g/mol. The highest BCUT2D eigenvalue weighted by Gasteiger charge is 2.25. The first-order valence-corrected chi connectivity index (χ1v) is 10.9. The SMILES string of the molecule is CCOC(=O)NCc1c(C(=O)OCC)n(Cc2cccc3ccccc23)c2ccc(F)cc12. The molecule has 7 heteroatoms. The molecule has 0 spiro atoms. The second-order valence-electron chi connectivity index (χ2n) is 7.51. The molecule has 0 radical (unpaired) electrons. The number of alkyl carbamates (subject to hydrolysis) is 1. The van der Waals surface area contributed by atoms with E-state index in [2.05, 4.69) is 5.32 Å². The zero-order valence-electron chi connectivity index (χ0n) is 18.6. The third-order valence-corrected chi connectivity index (χ3v) is 5.49. The van der Waals surface area contributed by atoms with Crippen molar-refractivity contribution < 1.29 is 23.5 Å². The van der Waals surface area contributed by atoms with Crippen LogP contribution in [0.2, 0.25) is 0 Å². The number of hydrogen-bond donors (Lipinski definition) is 1. The van der Waals surface area contributed by atoms with E-state index in [1.807, 2.05) is 47.0 Å². The number of halogens is 1. The quantitative estimate of drug-likeness (QED) is 0.384. The predicted molar refractivity (Wildman–Crippen MR) is 125 cm³/mol. The van der Waals surface area contributed by atoms with Crippen LogP contribution in [0.1, 0.15) is 35.5 Å². The molecule has 0 fully saturated rings. The van der Waals surface area contributed by atoms with Gasteiger partial charge in [-0.3, -0.25) is 0 Å². The van der Waals surface area contributed by atoms with E-state index < -0.39 is 17.9 Å². The summed E-state index contributed by atoms with van der Waals surface area (Å²) in [6, 6.07) is 18.4. The van der Waals surface area contributed by atoms with Gasteiger partial charge in [0.2, 0.25) is 0 Å². The maximum absolute atomic E-state index is 14.2. The van der Waals surface area contributed by atoms with Crippen molar-refractivity contribution in [2.24, 2.45) is 0 Å². The first-order chi connectivity index (χ1) is 16.0. The van der Waals surface area contributed by atoms with Gasteiger partial charge in [0.1, 0.15) is 11.5 Å². The lowest BCUT2D eigenvalue weighted by atomic mass is 10.0. The number of aromatic nitrogens is 1. The number of ether oxygens (including phenoxy) is 2. The maximum atomic E-state index is 14.2. The van der Waals surface area contributed by atoms with Crippen molar-refractivity contribution in [2.75, 3.05) is 13.2 Å². The molecule has 1 amide bonds. The largest absolute Gasteiger partial charge is 0.461 e. The Morgan fingerprint density at radius 3 is 2.48 bits per heavy atom. The lowest BCUT2D eigenvalue weighted by Crippen LogP contribution is -2.25. The number of amides is 1. The molecule has 0 aliphatic rings. The molecule has 6 nitrogen and oxygen atoms in total. The Morgan fingerprint density at radius 2 is 1.70 bits per heavy atom. The first-order valence-electron chi connectivity index (χ1n) is 10.9. The summed E-state index contributed by atoms with van der Waals surface area (Å²) in [5.41, 5.74) is 2.44. The Morgan fingerprint density at radius 1 is 0.939 bits per heavy atom. The van der Waals surface area contributed by atoms with E-state index >= 15 is 0 Å². The van der Waals surface area contributed by atoms with E-state index in [-0.39, 0.29) is 25.5 Å². The van der Waals surface area contributed by atoms with Crippen molar-refractivity contribution in [3.63, 3.8) is 0 Å². The zero-order valence-corrected chi connectivity index (χ0v) is 18.6. The van der Waals surface area contributed by atoms with Crippen LogP contribution in [0, 0.1) is 5.82 Å². The number of esters is 1. The van der Waals surface area contributed by atoms with Gasteiger partial charge in [-0.1, -0.05) is 42.5 Å².